The first kappa shape index (κ1) is 31.5. The van der Waals surface area contributed by atoms with E-state index in [9.17, 15) is 9.59 Å². The number of carbonyl (C=O) groups is 2. The van der Waals surface area contributed by atoms with Crippen LogP contribution < -0.4 is 20.4 Å². The molecule has 0 radical (unpaired) electrons. The highest BCUT2D eigenvalue weighted by Crippen LogP contribution is 2.36. The number of esters is 1. The van der Waals surface area contributed by atoms with Crippen molar-refractivity contribution in [2.24, 2.45) is 0 Å². The van der Waals surface area contributed by atoms with Crippen LogP contribution in [0.15, 0.2) is 72.8 Å². The minimum Gasteiger partial charge on any atom is -0.461 e. The average molecular weight is 623 g/mol. The predicted octanol–water partition coefficient (Wildman–Crippen LogP) is 7.36. The summed E-state index contributed by atoms with van der Waals surface area (Å²) in [4.78, 5) is 33.8. The number of nitrogens with one attached hydrogen (secondary N) is 2. The summed E-state index contributed by atoms with van der Waals surface area (Å²) in [5.41, 5.74) is 5.70. The van der Waals surface area contributed by atoms with E-state index >= 15 is 0 Å². The molecule has 1 aliphatic heterocycles. The fourth-order valence-corrected chi connectivity index (χ4v) is 6.92. The maximum atomic E-state index is 13.6. The summed E-state index contributed by atoms with van der Waals surface area (Å²) < 4.78 is 7.36. The van der Waals surface area contributed by atoms with Crippen molar-refractivity contribution in [2.75, 3.05) is 66.8 Å². The molecule has 2 amide bonds. The number of urea groups is 1. The summed E-state index contributed by atoms with van der Waals surface area (Å²) in [7, 11) is 2.15. The van der Waals surface area contributed by atoms with Gasteiger partial charge in [0.15, 0.2) is 0 Å². The molecule has 0 unspecified atom stereocenters. The van der Waals surface area contributed by atoms with Gasteiger partial charge in [-0.1, -0.05) is 37.5 Å². The topological polar surface area (TPSA) is 82.1 Å². The summed E-state index contributed by atoms with van der Waals surface area (Å²) in [5.74, 6) is -0.382. The number of ether oxygens (including phenoxy) is 1. The number of fused-ring (bicyclic) bond motifs is 1. The van der Waals surface area contributed by atoms with Crippen LogP contribution in [0.2, 0.25) is 0 Å². The fourth-order valence-electron chi connectivity index (χ4n) is 6.92. The van der Waals surface area contributed by atoms with Crippen molar-refractivity contribution in [1.82, 2.24) is 9.47 Å². The Morgan fingerprint density at radius 2 is 1.57 bits per heavy atom. The number of anilines is 4. The summed E-state index contributed by atoms with van der Waals surface area (Å²) in [6, 6.07) is 24.1. The van der Waals surface area contributed by atoms with Gasteiger partial charge in [-0.3, -0.25) is 0 Å². The Morgan fingerprint density at radius 3 is 2.28 bits per heavy atom. The Bertz CT molecular complexity index is 1650. The molecule has 3 aromatic carbocycles. The van der Waals surface area contributed by atoms with Crippen molar-refractivity contribution in [3.05, 3.63) is 78.5 Å². The van der Waals surface area contributed by atoms with E-state index in [-0.39, 0.29) is 18.6 Å². The third-order valence-electron chi connectivity index (χ3n) is 9.34. The molecule has 242 valence electrons. The van der Waals surface area contributed by atoms with E-state index in [1.165, 1.54) is 19.3 Å². The molecule has 2 heterocycles. The number of nitrogens with zero attached hydrogens (tertiary/aromatic N) is 4. The molecule has 1 aromatic heterocycles. The summed E-state index contributed by atoms with van der Waals surface area (Å²) in [6.07, 6.45) is 5.97. The number of hydrogen-bond donors (Lipinski definition) is 2. The number of para-hydroxylation sites is 1. The van der Waals surface area contributed by atoms with Crippen LogP contribution in [0.5, 0.6) is 0 Å². The SMILES string of the molecule is CCOC(=O)c1cc2ccccc2n1-c1ccc(N(CC)C2CCCCC2)c(NC(=O)Nc2ccc(N3CCN(C)CC3)cc2)c1. The van der Waals surface area contributed by atoms with Crippen LogP contribution in [-0.2, 0) is 4.74 Å². The molecule has 2 fully saturated rings. The van der Waals surface area contributed by atoms with Gasteiger partial charge in [-0.15, -0.1) is 0 Å². The Balaban J connectivity index is 1.32. The lowest BCUT2D eigenvalue weighted by Crippen LogP contribution is -2.44. The molecule has 1 saturated heterocycles. The largest absolute Gasteiger partial charge is 0.461 e. The molecule has 4 aromatic rings. The molecule has 46 heavy (non-hydrogen) atoms. The first-order valence-corrected chi connectivity index (χ1v) is 16.8. The van der Waals surface area contributed by atoms with Crippen molar-refractivity contribution < 1.29 is 14.3 Å². The zero-order chi connectivity index (χ0) is 32.0. The summed E-state index contributed by atoms with van der Waals surface area (Å²) >= 11 is 0. The van der Waals surface area contributed by atoms with E-state index in [0.717, 1.165) is 79.2 Å². The van der Waals surface area contributed by atoms with Gasteiger partial charge in [0.2, 0.25) is 0 Å². The molecular weight excluding hydrogens is 576 g/mol. The second kappa shape index (κ2) is 14.3. The minimum atomic E-state index is -0.382. The molecule has 0 bridgehead atoms. The lowest BCUT2D eigenvalue weighted by atomic mass is 9.93. The van der Waals surface area contributed by atoms with Crippen LogP contribution in [0.1, 0.15) is 56.4 Å². The summed E-state index contributed by atoms with van der Waals surface area (Å²) in [6.45, 7) is 9.17. The van der Waals surface area contributed by atoms with Gasteiger partial charge in [-0.05, 0) is 88.3 Å². The number of benzene rings is 3. The van der Waals surface area contributed by atoms with Gasteiger partial charge >= 0.3 is 12.0 Å². The lowest BCUT2D eigenvalue weighted by molar-refractivity contribution is 0.0517. The van der Waals surface area contributed by atoms with Gasteiger partial charge in [0.1, 0.15) is 5.69 Å². The van der Waals surface area contributed by atoms with Crippen LogP contribution in [-0.4, -0.2) is 73.9 Å². The molecule has 2 aliphatic rings. The Hall–Kier alpha value is -4.50. The second-order valence-electron chi connectivity index (χ2n) is 12.3. The average Bonchev–Trinajstić information content (AvgIpc) is 3.47. The predicted molar refractivity (Wildman–Crippen MR) is 188 cm³/mol. The van der Waals surface area contributed by atoms with E-state index in [0.29, 0.717) is 17.4 Å². The molecule has 1 saturated carbocycles. The third kappa shape index (κ3) is 6.84. The first-order valence-electron chi connectivity index (χ1n) is 16.8. The number of amides is 2. The summed E-state index contributed by atoms with van der Waals surface area (Å²) in [5, 5.41) is 7.17. The fraction of sp³-hybridized carbons (Fsp3) is 0.405. The molecule has 0 atom stereocenters. The zero-order valence-electron chi connectivity index (χ0n) is 27.3. The quantitative estimate of drug-likeness (QED) is 0.190. The number of carbonyl (C=O) groups excluding carboxylic acids is 2. The smallest absolute Gasteiger partial charge is 0.355 e. The van der Waals surface area contributed by atoms with Crippen LogP contribution in [0, 0.1) is 0 Å². The Morgan fingerprint density at radius 1 is 0.848 bits per heavy atom. The Kier molecular flexibility index (Phi) is 9.78. The number of likely N-dealkylation sites (N-methyl/N-ethyl adjacent to an activating group) is 1. The van der Waals surface area contributed by atoms with Crippen molar-refractivity contribution in [2.45, 2.75) is 52.0 Å². The molecular formula is C37H46N6O3. The lowest BCUT2D eigenvalue weighted by Gasteiger charge is -2.36. The number of rotatable bonds is 9. The Labute approximate surface area is 272 Å². The zero-order valence-corrected chi connectivity index (χ0v) is 27.3. The number of piperazine rings is 1. The van der Waals surface area contributed by atoms with Crippen molar-refractivity contribution >= 4 is 45.7 Å². The highest BCUT2D eigenvalue weighted by Gasteiger charge is 2.25. The van der Waals surface area contributed by atoms with Gasteiger partial charge in [0.25, 0.3) is 0 Å². The van der Waals surface area contributed by atoms with Crippen LogP contribution >= 0.6 is 0 Å². The highest BCUT2D eigenvalue weighted by molar-refractivity contribution is 6.03. The van der Waals surface area contributed by atoms with E-state index in [1.807, 2.05) is 66.1 Å². The van der Waals surface area contributed by atoms with Gasteiger partial charge in [0.05, 0.1) is 23.5 Å². The van der Waals surface area contributed by atoms with E-state index in [4.69, 9.17) is 4.74 Å². The maximum absolute atomic E-state index is 13.6. The molecule has 2 N–H and O–H groups in total. The minimum absolute atomic E-state index is 0.287. The second-order valence-corrected chi connectivity index (χ2v) is 12.3. The van der Waals surface area contributed by atoms with Crippen molar-refractivity contribution in [3.63, 3.8) is 0 Å². The van der Waals surface area contributed by atoms with Gasteiger partial charge in [-0.2, -0.15) is 0 Å². The van der Waals surface area contributed by atoms with E-state index < -0.39 is 0 Å². The molecule has 6 rings (SSSR count). The van der Waals surface area contributed by atoms with Gasteiger partial charge < -0.3 is 34.6 Å². The monoisotopic (exact) mass is 622 g/mol. The first-order chi connectivity index (χ1) is 22.4. The van der Waals surface area contributed by atoms with E-state index in [2.05, 4.69) is 57.5 Å². The van der Waals surface area contributed by atoms with E-state index in [1.54, 1.807) is 0 Å². The van der Waals surface area contributed by atoms with Gasteiger partial charge in [0, 0.05) is 61.2 Å². The van der Waals surface area contributed by atoms with Crippen molar-refractivity contribution in [3.8, 4) is 5.69 Å². The van der Waals surface area contributed by atoms with Crippen molar-refractivity contribution in [1.29, 1.82) is 0 Å². The molecule has 1 aliphatic carbocycles. The molecule has 9 nitrogen and oxygen atoms in total. The van der Waals surface area contributed by atoms with Gasteiger partial charge in [-0.25, -0.2) is 9.59 Å². The third-order valence-corrected chi connectivity index (χ3v) is 9.34. The van der Waals surface area contributed by atoms with Crippen LogP contribution in [0.4, 0.5) is 27.5 Å². The standard InChI is InChI=1S/C37H46N6O3/c1-4-42(30-12-7-6-8-13-30)34-20-19-31(43-33-14-10-9-11-27(33)25-35(43)36(44)46-5-2)26-32(34)39-37(45)38-28-15-17-29(18-16-28)41-23-21-40(3)22-24-41/h9-11,14-20,25-26,30H,4-8,12-13,21-24H2,1-3H3,(H2,38,39,45). The maximum Gasteiger partial charge on any atom is 0.355 e. The molecule has 9 heteroatoms. The van der Waals surface area contributed by atoms with Crippen LogP contribution in [0.25, 0.3) is 16.6 Å². The number of aromatic nitrogens is 1. The highest BCUT2D eigenvalue weighted by atomic mass is 16.5. The van der Waals surface area contributed by atoms with Crippen LogP contribution in [0.3, 0.4) is 0 Å². The molecule has 0 spiro atoms. The number of hydrogen-bond acceptors (Lipinski definition) is 6. The normalized spacial score (nSPS) is 15.9.